The minimum atomic E-state index is -0.224. The Balaban J connectivity index is 1.93. The minimum absolute atomic E-state index is 0.224. The Bertz CT molecular complexity index is 895. The van der Waals surface area contributed by atoms with Gasteiger partial charge in [0.15, 0.2) is 0 Å². The van der Waals surface area contributed by atoms with E-state index in [1.807, 2.05) is 36.4 Å². The number of thiophene rings is 1. The molecule has 2 atom stereocenters. The van der Waals surface area contributed by atoms with Crippen molar-refractivity contribution in [1.82, 2.24) is 0 Å². The van der Waals surface area contributed by atoms with Crippen LogP contribution in [0.25, 0.3) is 20.9 Å². The maximum Gasteiger partial charge on any atom is 0.0673 e. The number of rotatable bonds is 2. The Hall–Kier alpha value is -2.88. The third kappa shape index (κ3) is 2.74. The molecule has 1 aliphatic carbocycles. The summed E-state index contributed by atoms with van der Waals surface area (Å²) in [7, 11) is 0. The first-order valence-electron chi connectivity index (χ1n) is 8.36. The smallest absolute Gasteiger partial charge is 0.0673 e. The van der Waals surface area contributed by atoms with Gasteiger partial charge in [-0.2, -0.15) is 10.5 Å². The van der Waals surface area contributed by atoms with Crippen LogP contribution < -0.4 is 0 Å². The molecule has 2 nitrogen and oxygen atoms in total. The molecular formula is C22H16N2S. The summed E-state index contributed by atoms with van der Waals surface area (Å²) in [6.07, 6.45) is 1.33. The molecule has 0 unspecified atom stereocenters. The van der Waals surface area contributed by atoms with Gasteiger partial charge in [0.05, 0.1) is 24.0 Å². The van der Waals surface area contributed by atoms with Crippen molar-refractivity contribution < 1.29 is 0 Å². The predicted octanol–water partition coefficient (Wildman–Crippen LogP) is 5.46. The molecule has 0 amide bonds. The SMILES string of the molecule is N#C[C@@H]1Cc2c(-c3ccccc3)sc(-c3ccccc3)c2C[C@H]1C#N. The number of nitriles is 2. The molecule has 0 fully saturated rings. The van der Waals surface area contributed by atoms with E-state index in [4.69, 9.17) is 0 Å². The van der Waals surface area contributed by atoms with E-state index in [9.17, 15) is 10.5 Å². The van der Waals surface area contributed by atoms with Crippen LogP contribution in [0.5, 0.6) is 0 Å². The Kier molecular flexibility index (Phi) is 4.10. The fourth-order valence-electron chi connectivity index (χ4n) is 3.57. The van der Waals surface area contributed by atoms with Gasteiger partial charge in [-0.25, -0.2) is 0 Å². The zero-order valence-electron chi connectivity index (χ0n) is 13.6. The van der Waals surface area contributed by atoms with Crippen molar-refractivity contribution in [3.05, 3.63) is 71.8 Å². The normalized spacial score (nSPS) is 18.8. The van der Waals surface area contributed by atoms with Gasteiger partial charge in [-0.05, 0) is 35.1 Å². The van der Waals surface area contributed by atoms with Crippen molar-refractivity contribution in [1.29, 1.82) is 10.5 Å². The van der Waals surface area contributed by atoms with Gasteiger partial charge in [0.25, 0.3) is 0 Å². The number of hydrogen-bond acceptors (Lipinski definition) is 3. The van der Waals surface area contributed by atoms with Gasteiger partial charge in [0, 0.05) is 9.75 Å². The van der Waals surface area contributed by atoms with E-state index in [1.165, 1.54) is 32.0 Å². The summed E-state index contributed by atoms with van der Waals surface area (Å²) in [6, 6.07) is 25.4. The quantitative estimate of drug-likeness (QED) is 0.622. The van der Waals surface area contributed by atoms with Crippen LogP contribution >= 0.6 is 11.3 Å². The van der Waals surface area contributed by atoms with E-state index in [2.05, 4.69) is 36.4 Å². The summed E-state index contributed by atoms with van der Waals surface area (Å²) in [5, 5.41) is 19.0. The van der Waals surface area contributed by atoms with E-state index in [1.54, 1.807) is 11.3 Å². The third-order valence-electron chi connectivity index (χ3n) is 4.85. The Morgan fingerprint density at radius 3 is 1.44 bits per heavy atom. The van der Waals surface area contributed by atoms with Crippen LogP contribution in [0.2, 0.25) is 0 Å². The van der Waals surface area contributed by atoms with Crippen molar-refractivity contribution in [2.75, 3.05) is 0 Å². The highest BCUT2D eigenvalue weighted by Gasteiger charge is 2.33. The largest absolute Gasteiger partial charge is 0.198 e. The highest BCUT2D eigenvalue weighted by Crippen LogP contribution is 2.47. The maximum atomic E-state index is 9.51. The molecule has 0 saturated carbocycles. The molecule has 120 valence electrons. The highest BCUT2D eigenvalue weighted by atomic mass is 32.1. The second kappa shape index (κ2) is 6.55. The van der Waals surface area contributed by atoms with Gasteiger partial charge in [0.1, 0.15) is 0 Å². The molecule has 2 aromatic carbocycles. The van der Waals surface area contributed by atoms with Gasteiger partial charge in [-0.15, -0.1) is 11.3 Å². The molecule has 0 aliphatic heterocycles. The van der Waals surface area contributed by atoms with E-state index in [0.29, 0.717) is 12.8 Å². The number of benzene rings is 2. The summed E-state index contributed by atoms with van der Waals surface area (Å²) in [6.45, 7) is 0. The zero-order chi connectivity index (χ0) is 17.2. The predicted molar refractivity (Wildman–Crippen MR) is 101 cm³/mol. The second-order valence-electron chi connectivity index (χ2n) is 6.33. The van der Waals surface area contributed by atoms with Crippen LogP contribution in [-0.4, -0.2) is 0 Å². The molecule has 0 radical (unpaired) electrons. The monoisotopic (exact) mass is 340 g/mol. The molecule has 0 bridgehead atoms. The summed E-state index contributed by atoms with van der Waals surface area (Å²) in [4.78, 5) is 2.48. The van der Waals surface area contributed by atoms with Gasteiger partial charge in [-0.3, -0.25) is 0 Å². The lowest BCUT2D eigenvalue weighted by Gasteiger charge is -2.23. The Morgan fingerprint density at radius 2 is 1.08 bits per heavy atom. The van der Waals surface area contributed by atoms with Crippen LogP contribution in [0, 0.1) is 34.5 Å². The summed E-state index contributed by atoms with van der Waals surface area (Å²) in [5.41, 5.74) is 4.90. The zero-order valence-corrected chi connectivity index (χ0v) is 14.5. The molecule has 0 spiro atoms. The van der Waals surface area contributed by atoms with Gasteiger partial charge in [0.2, 0.25) is 0 Å². The first-order valence-corrected chi connectivity index (χ1v) is 9.18. The van der Waals surface area contributed by atoms with Crippen LogP contribution in [0.1, 0.15) is 11.1 Å². The maximum absolute atomic E-state index is 9.51. The molecule has 3 aromatic rings. The van der Waals surface area contributed by atoms with Crippen molar-refractivity contribution in [3.8, 4) is 33.0 Å². The summed E-state index contributed by atoms with van der Waals surface area (Å²) < 4.78 is 0. The lowest BCUT2D eigenvalue weighted by atomic mass is 9.76. The van der Waals surface area contributed by atoms with Crippen molar-refractivity contribution >= 4 is 11.3 Å². The van der Waals surface area contributed by atoms with E-state index >= 15 is 0 Å². The number of fused-ring (bicyclic) bond motifs is 1. The first kappa shape index (κ1) is 15.6. The average Bonchev–Trinajstić information content (AvgIpc) is 3.06. The van der Waals surface area contributed by atoms with E-state index < -0.39 is 0 Å². The van der Waals surface area contributed by atoms with E-state index in [-0.39, 0.29) is 11.8 Å². The highest BCUT2D eigenvalue weighted by molar-refractivity contribution is 7.19. The minimum Gasteiger partial charge on any atom is -0.198 e. The van der Waals surface area contributed by atoms with Gasteiger partial charge in [-0.1, -0.05) is 60.7 Å². The molecule has 1 heterocycles. The standard InChI is InChI=1S/C22H16N2S/c23-13-17-11-19-20(12-18(17)14-24)22(16-9-5-2-6-10-16)25-21(19)15-7-3-1-4-8-15/h1-10,17-18H,11-12H2/t17-,18-/m0/s1. The topological polar surface area (TPSA) is 47.6 Å². The van der Waals surface area contributed by atoms with Gasteiger partial charge < -0.3 is 0 Å². The summed E-state index contributed by atoms with van der Waals surface area (Å²) in [5.74, 6) is -0.448. The number of hydrogen-bond donors (Lipinski definition) is 0. The average molecular weight is 340 g/mol. The van der Waals surface area contributed by atoms with Crippen LogP contribution in [0.4, 0.5) is 0 Å². The van der Waals surface area contributed by atoms with Crippen LogP contribution in [0.3, 0.4) is 0 Å². The molecule has 0 saturated heterocycles. The van der Waals surface area contributed by atoms with Crippen molar-refractivity contribution in [2.45, 2.75) is 12.8 Å². The van der Waals surface area contributed by atoms with Gasteiger partial charge >= 0.3 is 0 Å². The Labute approximate surface area is 151 Å². The molecular weight excluding hydrogens is 324 g/mol. The second-order valence-corrected chi connectivity index (χ2v) is 7.35. The Morgan fingerprint density at radius 1 is 0.680 bits per heavy atom. The fraction of sp³-hybridized carbons (Fsp3) is 0.182. The van der Waals surface area contributed by atoms with Crippen LogP contribution in [0.15, 0.2) is 60.7 Å². The van der Waals surface area contributed by atoms with Crippen molar-refractivity contribution in [3.63, 3.8) is 0 Å². The lowest BCUT2D eigenvalue weighted by molar-refractivity contribution is 0.464. The fourth-order valence-corrected chi connectivity index (χ4v) is 4.94. The molecule has 3 heteroatoms. The molecule has 4 rings (SSSR count). The summed E-state index contributed by atoms with van der Waals surface area (Å²) >= 11 is 1.79. The molecule has 0 N–H and O–H groups in total. The van der Waals surface area contributed by atoms with Crippen molar-refractivity contribution in [2.24, 2.45) is 11.8 Å². The first-order chi connectivity index (χ1) is 12.3. The molecule has 25 heavy (non-hydrogen) atoms. The van der Waals surface area contributed by atoms with E-state index in [0.717, 1.165) is 0 Å². The third-order valence-corrected chi connectivity index (χ3v) is 6.23. The lowest BCUT2D eigenvalue weighted by Crippen LogP contribution is -2.22. The number of nitrogens with zero attached hydrogens (tertiary/aromatic N) is 2. The molecule has 1 aliphatic rings. The molecule has 1 aromatic heterocycles. The van der Waals surface area contributed by atoms with Crippen LogP contribution in [-0.2, 0) is 12.8 Å².